The standard InChI is InChI=1S/C12H21NO3S2/c14-18(15,16)17-2-1-13-12-6-9-3-10(7-12)5-11(4-9)8-12/h9-11,13H,1-8H2,(H,14,15,16). The first-order valence-electron chi connectivity index (χ1n) is 6.81. The Labute approximate surface area is 112 Å². The molecule has 0 amide bonds. The number of nitrogens with one attached hydrogen (secondary N) is 1. The van der Waals surface area contributed by atoms with E-state index in [-0.39, 0.29) is 5.54 Å². The van der Waals surface area contributed by atoms with Crippen molar-refractivity contribution >= 4 is 19.9 Å². The topological polar surface area (TPSA) is 66.4 Å². The second-order valence-electron chi connectivity index (χ2n) is 6.37. The molecule has 0 aliphatic heterocycles. The minimum absolute atomic E-state index is 0.286. The van der Waals surface area contributed by atoms with Crippen LogP contribution in [0.4, 0.5) is 0 Å². The molecule has 0 radical (unpaired) electrons. The maximum Gasteiger partial charge on any atom is 0.319 e. The van der Waals surface area contributed by atoms with Gasteiger partial charge >= 0.3 is 9.15 Å². The van der Waals surface area contributed by atoms with Gasteiger partial charge in [-0.25, -0.2) is 0 Å². The van der Waals surface area contributed by atoms with Crippen LogP contribution in [0.3, 0.4) is 0 Å². The van der Waals surface area contributed by atoms with Crippen LogP contribution in [-0.4, -0.2) is 30.8 Å². The van der Waals surface area contributed by atoms with Gasteiger partial charge in [0.1, 0.15) is 0 Å². The molecule has 6 heteroatoms. The van der Waals surface area contributed by atoms with E-state index in [1.54, 1.807) is 0 Å². The first kappa shape index (κ1) is 13.2. The summed E-state index contributed by atoms with van der Waals surface area (Å²) in [5.41, 5.74) is 0.286. The van der Waals surface area contributed by atoms with Gasteiger partial charge in [0.05, 0.1) is 0 Å². The largest absolute Gasteiger partial charge is 0.319 e. The van der Waals surface area contributed by atoms with Crippen LogP contribution in [0.2, 0.25) is 0 Å². The third-order valence-corrected chi connectivity index (χ3v) is 6.93. The lowest BCUT2D eigenvalue weighted by atomic mass is 9.53. The number of hydrogen-bond acceptors (Lipinski definition) is 4. The van der Waals surface area contributed by atoms with Gasteiger partial charge in [0.2, 0.25) is 0 Å². The highest BCUT2D eigenvalue weighted by Crippen LogP contribution is 2.55. The molecule has 0 atom stereocenters. The van der Waals surface area contributed by atoms with Gasteiger partial charge in [-0.3, -0.25) is 4.55 Å². The molecular formula is C12H21NO3S2. The van der Waals surface area contributed by atoms with Crippen LogP contribution in [0.15, 0.2) is 0 Å². The summed E-state index contributed by atoms with van der Waals surface area (Å²) in [6.45, 7) is 0.677. The summed E-state index contributed by atoms with van der Waals surface area (Å²) < 4.78 is 30.0. The van der Waals surface area contributed by atoms with Gasteiger partial charge in [-0.05, 0) is 67.1 Å². The summed E-state index contributed by atoms with van der Waals surface area (Å²) in [4.78, 5) is 0. The second-order valence-corrected chi connectivity index (χ2v) is 9.84. The summed E-state index contributed by atoms with van der Waals surface area (Å²) in [5, 5.41) is 3.60. The van der Waals surface area contributed by atoms with Gasteiger partial charge in [-0.1, -0.05) is 0 Å². The highest BCUT2D eigenvalue weighted by atomic mass is 33.1. The molecule has 4 saturated carbocycles. The van der Waals surface area contributed by atoms with E-state index in [2.05, 4.69) is 5.32 Å². The van der Waals surface area contributed by atoms with Crippen molar-refractivity contribution in [1.82, 2.24) is 5.32 Å². The van der Waals surface area contributed by atoms with E-state index >= 15 is 0 Å². The minimum Gasteiger partial charge on any atom is -0.310 e. The van der Waals surface area contributed by atoms with Crippen LogP contribution in [0, 0.1) is 17.8 Å². The van der Waals surface area contributed by atoms with Crippen molar-refractivity contribution in [1.29, 1.82) is 0 Å². The quantitative estimate of drug-likeness (QED) is 0.461. The lowest BCUT2D eigenvalue weighted by Gasteiger charge is -2.57. The van der Waals surface area contributed by atoms with E-state index in [9.17, 15) is 8.42 Å². The molecule has 4 bridgehead atoms. The van der Waals surface area contributed by atoms with Crippen LogP contribution in [0.25, 0.3) is 0 Å². The van der Waals surface area contributed by atoms with Crippen LogP contribution in [0.1, 0.15) is 38.5 Å². The second kappa shape index (κ2) is 4.65. The Hall–Kier alpha value is 0.220. The lowest BCUT2D eigenvalue weighted by molar-refractivity contribution is -0.0185. The van der Waals surface area contributed by atoms with E-state index < -0.39 is 9.15 Å². The maximum atomic E-state index is 10.6. The third-order valence-electron chi connectivity index (χ3n) is 4.87. The fraction of sp³-hybridized carbons (Fsp3) is 1.00. The Morgan fingerprint density at radius 3 is 2.06 bits per heavy atom. The molecule has 104 valence electrons. The van der Waals surface area contributed by atoms with Crippen molar-refractivity contribution in [2.45, 2.75) is 44.1 Å². The molecular weight excluding hydrogens is 270 g/mol. The molecule has 4 aliphatic carbocycles. The Balaban J connectivity index is 1.53. The van der Waals surface area contributed by atoms with Gasteiger partial charge in [0, 0.05) is 17.8 Å². The van der Waals surface area contributed by atoms with Gasteiger partial charge in [-0.2, -0.15) is 8.42 Å². The van der Waals surface area contributed by atoms with Crippen molar-refractivity contribution in [2.24, 2.45) is 17.8 Å². The van der Waals surface area contributed by atoms with Crippen molar-refractivity contribution in [3.8, 4) is 0 Å². The van der Waals surface area contributed by atoms with E-state index in [1.807, 2.05) is 0 Å². The zero-order valence-electron chi connectivity index (χ0n) is 10.5. The van der Waals surface area contributed by atoms with Crippen LogP contribution in [0.5, 0.6) is 0 Å². The molecule has 0 aromatic rings. The predicted octanol–water partition coefficient (Wildman–Crippen LogP) is 2.08. The molecule has 4 nitrogen and oxygen atoms in total. The van der Waals surface area contributed by atoms with Crippen molar-refractivity contribution in [3.63, 3.8) is 0 Å². The van der Waals surface area contributed by atoms with Crippen LogP contribution < -0.4 is 5.32 Å². The summed E-state index contributed by atoms with van der Waals surface area (Å²) >= 11 is 0. The zero-order chi connectivity index (χ0) is 12.8. The Morgan fingerprint density at radius 1 is 1.11 bits per heavy atom. The smallest absolute Gasteiger partial charge is 0.310 e. The maximum absolute atomic E-state index is 10.6. The molecule has 4 fully saturated rings. The van der Waals surface area contributed by atoms with Crippen molar-refractivity contribution in [3.05, 3.63) is 0 Å². The Bertz CT molecular complexity index is 386. The molecule has 0 saturated heterocycles. The summed E-state index contributed by atoms with van der Waals surface area (Å²) in [6.07, 6.45) is 8.07. The lowest BCUT2D eigenvalue weighted by Crippen LogP contribution is -2.58. The number of rotatable bonds is 5. The Morgan fingerprint density at radius 2 is 1.61 bits per heavy atom. The molecule has 4 rings (SSSR count). The number of hydrogen-bond donors (Lipinski definition) is 2. The molecule has 4 aliphatic rings. The zero-order valence-corrected chi connectivity index (χ0v) is 12.1. The SMILES string of the molecule is O=S(=O)(O)SCCNC12CC3CC(CC(C3)C1)C2. The van der Waals surface area contributed by atoms with Crippen LogP contribution >= 0.6 is 10.8 Å². The first-order chi connectivity index (χ1) is 8.44. The third kappa shape index (κ3) is 2.86. The average molecular weight is 291 g/mol. The highest BCUT2D eigenvalue weighted by Gasteiger charge is 2.50. The average Bonchev–Trinajstić information content (AvgIpc) is 2.21. The van der Waals surface area contributed by atoms with Gasteiger partial charge in [0.15, 0.2) is 0 Å². The van der Waals surface area contributed by atoms with E-state index in [4.69, 9.17) is 4.55 Å². The highest BCUT2D eigenvalue weighted by molar-refractivity contribution is 8.69. The van der Waals surface area contributed by atoms with Gasteiger partial charge in [-0.15, -0.1) is 0 Å². The molecule has 0 aromatic carbocycles. The molecule has 0 spiro atoms. The molecule has 0 heterocycles. The monoisotopic (exact) mass is 291 g/mol. The van der Waals surface area contributed by atoms with E-state index in [1.165, 1.54) is 38.5 Å². The minimum atomic E-state index is -3.88. The van der Waals surface area contributed by atoms with Gasteiger partial charge in [0.25, 0.3) is 0 Å². The molecule has 2 N–H and O–H groups in total. The normalized spacial score (nSPS) is 42.4. The fourth-order valence-electron chi connectivity index (χ4n) is 4.79. The predicted molar refractivity (Wildman–Crippen MR) is 72.9 cm³/mol. The van der Waals surface area contributed by atoms with Crippen LogP contribution in [-0.2, 0) is 9.15 Å². The Kier molecular flexibility index (Phi) is 3.41. The first-order valence-corrected chi connectivity index (χ1v) is 9.75. The summed E-state index contributed by atoms with van der Waals surface area (Å²) in [7, 11) is -3.25. The van der Waals surface area contributed by atoms with E-state index in [0.29, 0.717) is 23.1 Å². The fourth-order valence-corrected chi connectivity index (χ4v) is 6.07. The molecule has 18 heavy (non-hydrogen) atoms. The van der Waals surface area contributed by atoms with Crippen molar-refractivity contribution < 1.29 is 13.0 Å². The van der Waals surface area contributed by atoms with E-state index in [0.717, 1.165) is 17.8 Å². The summed E-state index contributed by atoms with van der Waals surface area (Å²) in [6, 6.07) is 0. The van der Waals surface area contributed by atoms with Crippen molar-refractivity contribution in [2.75, 3.05) is 12.3 Å². The van der Waals surface area contributed by atoms with Gasteiger partial charge < -0.3 is 5.32 Å². The summed E-state index contributed by atoms with van der Waals surface area (Å²) in [5.74, 6) is 3.13. The molecule has 0 aromatic heterocycles. The molecule has 0 unspecified atom stereocenters.